The lowest BCUT2D eigenvalue weighted by Crippen LogP contribution is -2.30. The summed E-state index contributed by atoms with van der Waals surface area (Å²) in [5.74, 6) is 0.721. The number of likely N-dealkylation sites (N-methyl/N-ethyl adjacent to an activating group) is 2. The van der Waals surface area contributed by atoms with Crippen molar-refractivity contribution < 1.29 is 13.9 Å². The highest BCUT2D eigenvalue weighted by molar-refractivity contribution is 6.27. The van der Waals surface area contributed by atoms with Crippen molar-refractivity contribution in [1.82, 2.24) is 9.80 Å². The van der Waals surface area contributed by atoms with E-state index in [0.717, 1.165) is 31.4 Å². The van der Waals surface area contributed by atoms with E-state index in [1.807, 2.05) is 28.2 Å². The lowest BCUT2D eigenvalue weighted by Gasteiger charge is -2.21. The molecule has 20 heavy (non-hydrogen) atoms. The van der Waals surface area contributed by atoms with Gasteiger partial charge in [-0.05, 0) is 40.7 Å². The molecule has 0 aliphatic carbocycles. The number of nitrogens with zero attached hydrogens (tertiary/aromatic N) is 2. The Morgan fingerprint density at radius 1 is 1.00 bits per heavy atom. The molecule has 0 aromatic rings. The first kappa shape index (κ1) is 20.3. The maximum absolute atomic E-state index is 5.73. The van der Waals surface area contributed by atoms with Crippen LogP contribution in [0.3, 0.4) is 0 Å². The van der Waals surface area contributed by atoms with E-state index in [4.69, 9.17) is 25.5 Å². The summed E-state index contributed by atoms with van der Waals surface area (Å²) >= 11 is 5.65. The van der Waals surface area contributed by atoms with Crippen molar-refractivity contribution in [3.05, 3.63) is 0 Å². The Kier molecular flexibility index (Phi) is 14.5. The minimum Gasteiger partial charge on any atom is -0.419 e. The van der Waals surface area contributed by atoms with Gasteiger partial charge in [0, 0.05) is 19.0 Å². The summed E-state index contributed by atoms with van der Waals surface area (Å²) in [6.07, 6.45) is 0.792. The molecule has 0 atom stereocenters. The summed E-state index contributed by atoms with van der Waals surface area (Å²) < 4.78 is 17.2. The average Bonchev–Trinajstić information content (AvgIpc) is 2.37. The number of rotatable bonds is 14. The van der Waals surface area contributed by atoms with Crippen LogP contribution < -0.4 is 0 Å². The predicted octanol–water partition coefficient (Wildman–Crippen LogP) is 0.616. The number of halogens is 1. The molecule has 0 aliphatic heterocycles. The minimum absolute atomic E-state index is 0.251. The van der Waals surface area contributed by atoms with Gasteiger partial charge in [0.1, 0.15) is 0 Å². The molecule has 0 aliphatic rings. The van der Waals surface area contributed by atoms with Crippen LogP contribution in [-0.4, -0.2) is 92.8 Å². The number of hydrogen-bond acceptors (Lipinski definition) is 5. The molecule has 0 spiro atoms. The van der Waals surface area contributed by atoms with Crippen LogP contribution in [0.4, 0.5) is 0 Å². The summed E-state index contributed by atoms with van der Waals surface area (Å²) in [6, 6.07) is 1.12. The van der Waals surface area contributed by atoms with Crippen LogP contribution >= 0.6 is 11.6 Å². The third kappa shape index (κ3) is 14.7. The van der Waals surface area contributed by atoms with Crippen LogP contribution in [0.25, 0.3) is 0 Å². The molecule has 0 radical (unpaired) electrons. The first-order chi connectivity index (χ1) is 9.56. The summed E-state index contributed by atoms with van der Waals surface area (Å²) in [6.45, 7) is 3.63. The maximum atomic E-state index is 5.73. The molecule has 7 heteroatoms. The highest BCUT2D eigenvalue weighted by atomic mass is 35.5. The monoisotopic (exact) mass is 326 g/mol. The highest BCUT2D eigenvalue weighted by Crippen LogP contribution is 1.99. The second-order valence-corrected chi connectivity index (χ2v) is 7.15. The largest absolute Gasteiger partial charge is 0.419 e. The molecule has 0 heterocycles. The third-order valence-electron chi connectivity index (χ3n) is 2.61. The van der Waals surface area contributed by atoms with Gasteiger partial charge in [-0.15, -0.1) is 11.6 Å². The Morgan fingerprint density at radius 2 is 1.55 bits per heavy atom. The van der Waals surface area contributed by atoms with Crippen molar-refractivity contribution in [2.24, 2.45) is 0 Å². The first-order valence-electron chi connectivity index (χ1n) is 7.22. The molecule has 0 saturated carbocycles. The van der Waals surface area contributed by atoms with Gasteiger partial charge >= 0.3 is 0 Å². The second-order valence-electron chi connectivity index (χ2n) is 5.25. The maximum Gasteiger partial charge on any atom is 0.179 e. The topological polar surface area (TPSA) is 34.2 Å². The van der Waals surface area contributed by atoms with E-state index in [-0.39, 0.29) is 6.29 Å². The van der Waals surface area contributed by atoms with E-state index >= 15 is 0 Å². The van der Waals surface area contributed by atoms with Gasteiger partial charge in [0.15, 0.2) is 16.1 Å². The van der Waals surface area contributed by atoms with Crippen LogP contribution in [0.15, 0.2) is 0 Å². The lowest BCUT2D eigenvalue weighted by atomic mass is 10.6. The molecule has 0 N–H and O–H groups in total. The quantitative estimate of drug-likeness (QED) is 0.202. The van der Waals surface area contributed by atoms with Crippen LogP contribution in [0.5, 0.6) is 0 Å². The second kappa shape index (κ2) is 14.3. The molecule has 0 aromatic heterocycles. The van der Waals surface area contributed by atoms with Gasteiger partial charge in [0.05, 0.1) is 19.8 Å². The lowest BCUT2D eigenvalue weighted by molar-refractivity contribution is -0.160. The molecule has 0 bridgehead atoms. The smallest absolute Gasteiger partial charge is 0.179 e. The van der Waals surface area contributed by atoms with Crippen molar-refractivity contribution in [2.75, 3.05) is 67.0 Å². The highest BCUT2D eigenvalue weighted by Gasteiger charge is 2.10. The number of alkyl halides is 1. The van der Waals surface area contributed by atoms with Gasteiger partial charge in [-0.25, -0.2) is 0 Å². The normalized spacial score (nSPS) is 12.6. The van der Waals surface area contributed by atoms with Crippen molar-refractivity contribution in [1.29, 1.82) is 0 Å². The van der Waals surface area contributed by atoms with E-state index < -0.39 is 9.76 Å². The summed E-state index contributed by atoms with van der Waals surface area (Å²) in [4.78, 5) is 4.18. The van der Waals surface area contributed by atoms with Gasteiger partial charge in [-0.1, -0.05) is 0 Å². The van der Waals surface area contributed by atoms with E-state index in [0.29, 0.717) is 19.8 Å². The SMILES string of the molecule is CN(C)CCOC(CO[SiH2]CCCCl)OCCN(C)C. The van der Waals surface area contributed by atoms with E-state index in [1.54, 1.807) is 0 Å². The van der Waals surface area contributed by atoms with Crippen molar-refractivity contribution >= 4 is 21.4 Å². The number of hydrogen-bond donors (Lipinski definition) is 0. The standard InChI is InChI=1S/C13H31ClN2O3Si/c1-15(2)7-9-17-13(18-10-8-16(3)4)12-19-20-11-5-6-14/h13H,5-12,20H2,1-4H3. The summed E-state index contributed by atoms with van der Waals surface area (Å²) in [7, 11) is 7.63. The Bertz CT molecular complexity index is 198. The molecule has 0 aromatic carbocycles. The fraction of sp³-hybridized carbons (Fsp3) is 1.00. The Balaban J connectivity index is 3.79. The molecule has 0 rings (SSSR count). The zero-order valence-corrected chi connectivity index (χ0v) is 15.6. The Labute approximate surface area is 131 Å². The van der Waals surface area contributed by atoms with Gasteiger partial charge in [0.2, 0.25) is 0 Å². The van der Waals surface area contributed by atoms with Gasteiger partial charge in [0.25, 0.3) is 0 Å². The molecule has 0 fully saturated rings. The Morgan fingerprint density at radius 3 is 2.00 bits per heavy atom. The molecule has 0 unspecified atom stereocenters. The minimum atomic E-state index is -0.486. The molecule has 0 amide bonds. The van der Waals surface area contributed by atoms with Gasteiger partial charge in [-0.3, -0.25) is 0 Å². The molecular formula is C13H31ClN2O3Si. The van der Waals surface area contributed by atoms with Crippen molar-refractivity contribution in [3.63, 3.8) is 0 Å². The fourth-order valence-electron chi connectivity index (χ4n) is 1.36. The Hall–Kier alpha value is 0.307. The van der Waals surface area contributed by atoms with Crippen LogP contribution in [0, 0.1) is 0 Å². The van der Waals surface area contributed by atoms with Crippen LogP contribution in [-0.2, 0) is 13.9 Å². The molecular weight excluding hydrogens is 296 g/mol. The third-order valence-corrected chi connectivity index (χ3v) is 4.19. The van der Waals surface area contributed by atoms with E-state index in [9.17, 15) is 0 Å². The first-order valence-corrected chi connectivity index (χ1v) is 9.33. The van der Waals surface area contributed by atoms with E-state index in [2.05, 4.69) is 9.80 Å². The zero-order valence-electron chi connectivity index (χ0n) is 13.4. The predicted molar refractivity (Wildman–Crippen MR) is 87.4 cm³/mol. The molecule has 122 valence electrons. The van der Waals surface area contributed by atoms with Crippen LogP contribution in [0.1, 0.15) is 6.42 Å². The summed E-state index contributed by atoms with van der Waals surface area (Å²) in [5.41, 5.74) is 0. The molecule has 0 saturated heterocycles. The summed E-state index contributed by atoms with van der Waals surface area (Å²) in [5, 5.41) is 0. The van der Waals surface area contributed by atoms with Gasteiger partial charge < -0.3 is 23.7 Å². The zero-order chi connectivity index (χ0) is 15.2. The fourth-order valence-corrected chi connectivity index (χ4v) is 2.88. The van der Waals surface area contributed by atoms with E-state index in [1.165, 1.54) is 0 Å². The average molecular weight is 327 g/mol. The van der Waals surface area contributed by atoms with Crippen molar-refractivity contribution in [2.45, 2.75) is 18.8 Å². The number of ether oxygens (including phenoxy) is 2. The van der Waals surface area contributed by atoms with Crippen LogP contribution in [0.2, 0.25) is 6.04 Å². The molecule has 5 nitrogen and oxygen atoms in total. The van der Waals surface area contributed by atoms with Gasteiger partial charge in [-0.2, -0.15) is 0 Å². The van der Waals surface area contributed by atoms with Crippen molar-refractivity contribution in [3.8, 4) is 0 Å².